The van der Waals surface area contributed by atoms with Gasteiger partial charge in [0.1, 0.15) is 0 Å². The Kier molecular flexibility index (Phi) is 7.31. The highest BCUT2D eigenvalue weighted by Gasteiger charge is 2.30. The van der Waals surface area contributed by atoms with Gasteiger partial charge in [-0.25, -0.2) is 4.98 Å². The number of rotatable bonds is 4. The predicted molar refractivity (Wildman–Crippen MR) is 120 cm³/mol. The van der Waals surface area contributed by atoms with Gasteiger partial charge in [-0.2, -0.15) is 0 Å². The van der Waals surface area contributed by atoms with Crippen molar-refractivity contribution >= 4 is 34.0 Å². The molecule has 2 aliphatic rings. The van der Waals surface area contributed by atoms with Crippen LogP contribution in [0.1, 0.15) is 81.3 Å². The van der Waals surface area contributed by atoms with Crippen molar-refractivity contribution in [2.45, 2.75) is 70.8 Å². The van der Waals surface area contributed by atoms with Gasteiger partial charge in [0.15, 0.2) is 0 Å². The SMILES string of the molecule is CC.O=C(NCC1(O)CCCCC1)c1c(Cl)ccc2nc(C3=CCCC3)ccc12. The highest BCUT2D eigenvalue weighted by Crippen LogP contribution is 2.31. The quantitative estimate of drug-likeness (QED) is 0.653. The fourth-order valence-corrected chi connectivity index (χ4v) is 4.46. The van der Waals surface area contributed by atoms with Gasteiger partial charge in [0, 0.05) is 11.9 Å². The van der Waals surface area contributed by atoms with Crippen molar-refractivity contribution in [1.82, 2.24) is 10.3 Å². The molecule has 0 atom stereocenters. The molecular weight excluding hydrogens is 384 g/mol. The molecule has 0 bridgehead atoms. The Balaban J connectivity index is 0.00000117. The van der Waals surface area contributed by atoms with Crippen LogP contribution in [0.3, 0.4) is 0 Å². The minimum absolute atomic E-state index is 0.251. The minimum Gasteiger partial charge on any atom is -0.388 e. The van der Waals surface area contributed by atoms with E-state index in [1.54, 1.807) is 6.07 Å². The first kappa shape index (κ1) is 21.8. The van der Waals surface area contributed by atoms with Crippen molar-refractivity contribution in [1.29, 1.82) is 0 Å². The van der Waals surface area contributed by atoms with Gasteiger partial charge in [0.25, 0.3) is 5.91 Å². The number of hydrogen-bond donors (Lipinski definition) is 2. The molecule has 0 radical (unpaired) electrons. The fourth-order valence-electron chi connectivity index (χ4n) is 4.21. The number of hydrogen-bond acceptors (Lipinski definition) is 3. The maximum Gasteiger partial charge on any atom is 0.253 e. The van der Waals surface area contributed by atoms with Gasteiger partial charge in [-0.05, 0) is 61.9 Å². The van der Waals surface area contributed by atoms with Crippen LogP contribution < -0.4 is 5.32 Å². The Morgan fingerprint density at radius 3 is 2.59 bits per heavy atom. The standard InChI is InChI=1S/C22H25ClN2O2.C2H6/c23-17-9-11-19-16(8-10-18(25-19)15-6-2-3-7-15)20(17)21(26)24-14-22(27)12-4-1-5-13-22;1-2/h6,8-11,27H,1-5,7,12-14H2,(H,24,26);1-2H3. The van der Waals surface area contributed by atoms with Gasteiger partial charge in [0.05, 0.1) is 27.4 Å². The monoisotopic (exact) mass is 414 g/mol. The van der Waals surface area contributed by atoms with E-state index in [-0.39, 0.29) is 12.5 Å². The number of aliphatic hydroxyl groups is 1. The smallest absolute Gasteiger partial charge is 0.253 e. The summed E-state index contributed by atoms with van der Waals surface area (Å²) in [6.45, 7) is 4.26. The first-order valence-electron chi connectivity index (χ1n) is 10.8. The lowest BCUT2D eigenvalue weighted by atomic mass is 9.85. The number of pyridine rings is 1. The molecule has 4 nitrogen and oxygen atoms in total. The second-order valence-corrected chi connectivity index (χ2v) is 8.18. The third-order valence-electron chi connectivity index (χ3n) is 5.78. The number of carbonyl (C=O) groups excluding carboxylic acids is 1. The van der Waals surface area contributed by atoms with Crippen molar-refractivity contribution in [3.05, 3.63) is 46.6 Å². The minimum atomic E-state index is -0.800. The molecule has 2 aliphatic carbocycles. The molecule has 156 valence electrons. The Hall–Kier alpha value is -1.91. The number of benzene rings is 1. The van der Waals surface area contributed by atoms with Crippen molar-refractivity contribution in [2.24, 2.45) is 0 Å². The molecule has 0 aliphatic heterocycles. The van der Waals surface area contributed by atoms with E-state index in [0.717, 1.165) is 61.5 Å². The number of aromatic nitrogens is 1. The van der Waals surface area contributed by atoms with E-state index in [9.17, 15) is 9.90 Å². The van der Waals surface area contributed by atoms with Gasteiger partial charge in [-0.15, -0.1) is 0 Å². The number of fused-ring (bicyclic) bond motifs is 1. The van der Waals surface area contributed by atoms with Crippen LogP contribution in [0.2, 0.25) is 5.02 Å². The average molecular weight is 415 g/mol. The van der Waals surface area contributed by atoms with Gasteiger partial charge in [-0.1, -0.05) is 50.8 Å². The van der Waals surface area contributed by atoms with Gasteiger partial charge >= 0.3 is 0 Å². The predicted octanol–water partition coefficient (Wildman–Crippen LogP) is 5.91. The summed E-state index contributed by atoms with van der Waals surface area (Å²) in [7, 11) is 0. The first-order valence-corrected chi connectivity index (χ1v) is 11.2. The summed E-state index contributed by atoms with van der Waals surface area (Å²) >= 11 is 6.36. The largest absolute Gasteiger partial charge is 0.388 e. The third-order valence-corrected chi connectivity index (χ3v) is 6.09. The Morgan fingerprint density at radius 2 is 1.90 bits per heavy atom. The summed E-state index contributed by atoms with van der Waals surface area (Å²) in [6, 6.07) is 7.50. The molecule has 0 saturated heterocycles. The number of halogens is 1. The zero-order chi connectivity index (χ0) is 20.9. The normalized spacial score (nSPS) is 18.0. The van der Waals surface area contributed by atoms with E-state index in [1.165, 1.54) is 12.0 Å². The Morgan fingerprint density at radius 1 is 1.14 bits per heavy atom. The van der Waals surface area contributed by atoms with Crippen LogP contribution in [-0.2, 0) is 0 Å². The first-order chi connectivity index (χ1) is 14.1. The summed E-state index contributed by atoms with van der Waals surface area (Å²) in [5, 5.41) is 14.7. The molecule has 2 aromatic rings. The van der Waals surface area contributed by atoms with Crippen molar-refractivity contribution in [3.63, 3.8) is 0 Å². The number of nitrogens with zero attached hydrogens (tertiary/aromatic N) is 1. The van der Waals surface area contributed by atoms with E-state index in [2.05, 4.69) is 11.4 Å². The van der Waals surface area contributed by atoms with Crippen LogP contribution in [-0.4, -0.2) is 28.1 Å². The van der Waals surface area contributed by atoms with Crippen LogP contribution in [0.4, 0.5) is 0 Å². The van der Waals surface area contributed by atoms with Gasteiger partial charge in [0.2, 0.25) is 0 Å². The molecular formula is C24H31ClN2O2. The molecule has 0 spiro atoms. The molecule has 0 unspecified atom stereocenters. The van der Waals surface area contributed by atoms with Crippen LogP contribution in [0.15, 0.2) is 30.3 Å². The lowest BCUT2D eigenvalue weighted by Crippen LogP contribution is -2.44. The lowest BCUT2D eigenvalue weighted by Gasteiger charge is -2.32. The number of nitrogens with one attached hydrogen (secondary N) is 1. The highest BCUT2D eigenvalue weighted by molar-refractivity contribution is 6.35. The lowest BCUT2D eigenvalue weighted by molar-refractivity contribution is 0.00527. The zero-order valence-corrected chi connectivity index (χ0v) is 18.2. The van der Waals surface area contributed by atoms with E-state index in [4.69, 9.17) is 16.6 Å². The van der Waals surface area contributed by atoms with Gasteiger partial charge < -0.3 is 10.4 Å². The summed E-state index contributed by atoms with van der Waals surface area (Å²) in [6.07, 6.45) is 10.2. The van der Waals surface area contributed by atoms with Crippen molar-refractivity contribution < 1.29 is 9.90 Å². The Bertz CT molecular complexity index is 901. The van der Waals surface area contributed by atoms with Gasteiger partial charge in [-0.3, -0.25) is 4.79 Å². The number of carbonyl (C=O) groups is 1. The van der Waals surface area contributed by atoms with Crippen LogP contribution in [0.25, 0.3) is 16.5 Å². The summed E-state index contributed by atoms with van der Waals surface area (Å²) in [4.78, 5) is 17.6. The Labute approximate surface area is 178 Å². The fraction of sp³-hybridized carbons (Fsp3) is 0.500. The van der Waals surface area contributed by atoms with Crippen molar-refractivity contribution in [2.75, 3.05) is 6.54 Å². The summed E-state index contributed by atoms with van der Waals surface area (Å²) in [5.41, 5.74) is 2.66. The summed E-state index contributed by atoms with van der Waals surface area (Å²) < 4.78 is 0. The molecule has 1 aromatic heterocycles. The third kappa shape index (κ3) is 4.99. The number of amides is 1. The topological polar surface area (TPSA) is 62.2 Å². The molecule has 2 N–H and O–H groups in total. The highest BCUT2D eigenvalue weighted by atomic mass is 35.5. The van der Waals surface area contributed by atoms with E-state index < -0.39 is 5.60 Å². The molecule has 29 heavy (non-hydrogen) atoms. The van der Waals surface area contributed by atoms with Crippen LogP contribution in [0.5, 0.6) is 0 Å². The summed E-state index contributed by atoms with van der Waals surface area (Å²) in [5.74, 6) is -0.251. The molecule has 1 heterocycles. The van der Waals surface area contributed by atoms with E-state index >= 15 is 0 Å². The van der Waals surface area contributed by atoms with Crippen LogP contribution in [0, 0.1) is 0 Å². The second-order valence-electron chi connectivity index (χ2n) is 7.77. The van der Waals surface area contributed by atoms with Crippen LogP contribution >= 0.6 is 11.6 Å². The average Bonchev–Trinajstić information content (AvgIpc) is 3.29. The molecule has 1 aromatic carbocycles. The zero-order valence-electron chi connectivity index (χ0n) is 17.4. The molecule has 5 heteroatoms. The van der Waals surface area contributed by atoms with E-state index in [1.807, 2.05) is 32.0 Å². The van der Waals surface area contributed by atoms with E-state index in [0.29, 0.717) is 10.6 Å². The molecule has 1 amide bonds. The maximum absolute atomic E-state index is 12.9. The number of allylic oxidation sites excluding steroid dienone is 2. The maximum atomic E-state index is 12.9. The molecule has 1 saturated carbocycles. The second kappa shape index (κ2) is 9.73. The van der Waals surface area contributed by atoms with Crippen molar-refractivity contribution in [3.8, 4) is 0 Å². The molecule has 1 fully saturated rings. The molecule has 4 rings (SSSR count).